The van der Waals surface area contributed by atoms with Crippen LogP contribution in [0.1, 0.15) is 6.42 Å². The Kier molecular flexibility index (Phi) is 6.66. The smallest absolute Gasteiger partial charge is 0.396 e. The molecule has 0 N–H and O–H groups in total. The largest absolute Gasteiger partial charge is 0.743 e. The molecule has 2 rings (SSSR count). The van der Waals surface area contributed by atoms with Crippen LogP contribution in [0.25, 0.3) is 10.8 Å². The third-order valence-corrected chi connectivity index (χ3v) is 4.72. The monoisotopic (exact) mass is 435 g/mol. The summed E-state index contributed by atoms with van der Waals surface area (Å²) >= 11 is 0. The Balaban J connectivity index is 1.86. The summed E-state index contributed by atoms with van der Waals surface area (Å²) in [7, 11) is -6.56. The molecule has 0 bridgehead atoms. The molecule has 2 aromatic carbocycles. The van der Waals surface area contributed by atoms with Gasteiger partial charge in [0.1, 0.15) is 5.75 Å². The van der Waals surface area contributed by atoms with Gasteiger partial charge in [-0.1, -0.05) is 36.9 Å². The number of alkyl halides is 4. The normalized spacial score (nSPS) is 12.7. The van der Waals surface area contributed by atoms with Crippen LogP contribution in [0.3, 0.4) is 0 Å². The van der Waals surface area contributed by atoms with E-state index in [1.807, 2.05) is 12.1 Å². The van der Waals surface area contributed by atoms with Crippen LogP contribution in [0.4, 0.5) is 17.6 Å². The number of carbonyl (C=O) groups is 1. The van der Waals surface area contributed by atoms with Gasteiger partial charge in [0.25, 0.3) is 0 Å². The third-order valence-electron chi connectivity index (χ3n) is 3.80. The summed E-state index contributed by atoms with van der Waals surface area (Å²) in [6, 6.07) is 12.1. The molecule has 29 heavy (non-hydrogen) atoms. The Morgan fingerprint density at radius 1 is 1.07 bits per heavy atom. The standard InChI is InChI=1S/C18H16F4O6S/c1-12(11-27-9-8-17(19,20)18(21,22)29(24,25)26)16(23)28-15-7-6-13-4-2-3-5-14(13)10-15/h2-7,10H,1,8-9,11H2,(H,24,25,26)/p-1. The van der Waals surface area contributed by atoms with Gasteiger partial charge in [-0.2, -0.15) is 17.6 Å². The van der Waals surface area contributed by atoms with Gasteiger partial charge in [0.2, 0.25) is 0 Å². The van der Waals surface area contributed by atoms with Crippen LogP contribution in [0.15, 0.2) is 54.6 Å². The second kappa shape index (κ2) is 8.47. The highest BCUT2D eigenvalue weighted by molar-refractivity contribution is 7.86. The maximum Gasteiger partial charge on any atom is 0.396 e. The van der Waals surface area contributed by atoms with Crippen molar-refractivity contribution in [1.82, 2.24) is 0 Å². The van der Waals surface area contributed by atoms with Gasteiger partial charge >= 0.3 is 17.1 Å². The Labute approximate surface area is 163 Å². The van der Waals surface area contributed by atoms with Crippen LogP contribution in [0.5, 0.6) is 5.75 Å². The first-order valence-electron chi connectivity index (χ1n) is 8.03. The molecule has 0 heterocycles. The van der Waals surface area contributed by atoms with E-state index in [0.717, 1.165) is 10.8 Å². The lowest BCUT2D eigenvalue weighted by molar-refractivity contribution is -0.170. The van der Waals surface area contributed by atoms with E-state index in [9.17, 15) is 35.3 Å². The van der Waals surface area contributed by atoms with E-state index in [2.05, 4.69) is 11.3 Å². The summed E-state index contributed by atoms with van der Waals surface area (Å²) in [5.74, 6) is -5.87. The Morgan fingerprint density at radius 2 is 1.69 bits per heavy atom. The molecule has 0 saturated heterocycles. The van der Waals surface area contributed by atoms with Crippen LogP contribution < -0.4 is 4.74 Å². The van der Waals surface area contributed by atoms with Gasteiger partial charge in [0, 0.05) is 6.42 Å². The number of fused-ring (bicyclic) bond motifs is 1. The van der Waals surface area contributed by atoms with Gasteiger partial charge in [-0.25, -0.2) is 13.2 Å². The Morgan fingerprint density at radius 3 is 2.31 bits per heavy atom. The molecule has 0 atom stereocenters. The molecule has 0 aromatic heterocycles. The third kappa shape index (κ3) is 5.31. The van der Waals surface area contributed by atoms with Crippen molar-refractivity contribution in [3.8, 4) is 5.75 Å². The molecule has 6 nitrogen and oxygen atoms in total. The van der Waals surface area contributed by atoms with Crippen LogP contribution in [-0.4, -0.2) is 43.3 Å². The van der Waals surface area contributed by atoms with Gasteiger partial charge < -0.3 is 14.0 Å². The van der Waals surface area contributed by atoms with Crippen molar-refractivity contribution in [3.05, 3.63) is 54.6 Å². The molecule has 0 saturated carbocycles. The fourth-order valence-electron chi connectivity index (χ4n) is 2.19. The predicted octanol–water partition coefficient (Wildman–Crippen LogP) is 3.48. The number of hydrogen-bond donors (Lipinski definition) is 0. The predicted molar refractivity (Wildman–Crippen MR) is 93.8 cm³/mol. The second-order valence-electron chi connectivity index (χ2n) is 5.98. The minimum atomic E-state index is -6.56. The molecule has 0 unspecified atom stereocenters. The van der Waals surface area contributed by atoms with Crippen LogP contribution in [0, 0.1) is 0 Å². The fourth-order valence-corrected chi connectivity index (χ4v) is 2.66. The lowest BCUT2D eigenvalue weighted by Crippen LogP contribution is -2.47. The van der Waals surface area contributed by atoms with Gasteiger partial charge in [0.15, 0.2) is 10.1 Å². The average Bonchev–Trinajstić information content (AvgIpc) is 2.63. The van der Waals surface area contributed by atoms with E-state index in [4.69, 9.17) is 4.74 Å². The van der Waals surface area contributed by atoms with Crippen LogP contribution in [0.2, 0.25) is 0 Å². The SMILES string of the molecule is C=C(COCCC(F)(F)C(F)(F)S(=O)(=O)[O-])C(=O)Oc1ccc2ccccc2c1. The Bertz CT molecular complexity index is 1020. The summed E-state index contributed by atoms with van der Waals surface area (Å²) in [6.45, 7) is 1.67. The van der Waals surface area contributed by atoms with Crippen molar-refractivity contribution in [2.75, 3.05) is 13.2 Å². The molecule has 0 aliphatic carbocycles. The van der Waals surface area contributed by atoms with E-state index in [1.54, 1.807) is 24.3 Å². The van der Waals surface area contributed by atoms with E-state index < -0.39 is 46.9 Å². The van der Waals surface area contributed by atoms with Gasteiger partial charge in [-0.3, -0.25) is 0 Å². The number of halogens is 4. The molecular formula is C18H15F4O6S-. The van der Waals surface area contributed by atoms with Crippen molar-refractivity contribution >= 4 is 26.9 Å². The summed E-state index contributed by atoms with van der Waals surface area (Å²) in [6.07, 6.45) is -1.76. The lowest BCUT2D eigenvalue weighted by atomic mass is 10.1. The minimum Gasteiger partial charge on any atom is -0.743 e. The van der Waals surface area contributed by atoms with Crippen molar-refractivity contribution in [3.63, 3.8) is 0 Å². The molecule has 0 fully saturated rings. The summed E-state index contributed by atoms with van der Waals surface area (Å²) in [5, 5.41) is -4.07. The zero-order valence-electron chi connectivity index (χ0n) is 14.7. The van der Waals surface area contributed by atoms with Gasteiger partial charge in [-0.15, -0.1) is 0 Å². The van der Waals surface area contributed by atoms with Gasteiger partial charge in [-0.05, 0) is 22.9 Å². The van der Waals surface area contributed by atoms with E-state index in [1.165, 1.54) is 6.07 Å². The molecule has 2 aromatic rings. The fraction of sp³-hybridized carbons (Fsp3) is 0.278. The van der Waals surface area contributed by atoms with Crippen LogP contribution in [-0.2, 0) is 19.6 Å². The number of esters is 1. The zero-order chi connectivity index (χ0) is 21.9. The number of ether oxygens (including phenoxy) is 2. The Hall–Kier alpha value is -2.50. The first-order chi connectivity index (χ1) is 13.3. The maximum atomic E-state index is 13.3. The van der Waals surface area contributed by atoms with Gasteiger partial charge in [0.05, 0.1) is 18.8 Å². The average molecular weight is 435 g/mol. The maximum absolute atomic E-state index is 13.3. The molecule has 11 heteroatoms. The second-order valence-corrected chi connectivity index (χ2v) is 7.40. The van der Waals surface area contributed by atoms with E-state index in [0.29, 0.717) is 0 Å². The number of hydrogen-bond acceptors (Lipinski definition) is 6. The number of benzene rings is 2. The van der Waals surface area contributed by atoms with Crippen molar-refractivity contribution < 1.29 is 44.8 Å². The molecule has 158 valence electrons. The molecule has 0 spiro atoms. The highest BCUT2D eigenvalue weighted by atomic mass is 32.2. The minimum absolute atomic E-state index is 0.196. The highest BCUT2D eigenvalue weighted by Crippen LogP contribution is 2.40. The van der Waals surface area contributed by atoms with E-state index >= 15 is 0 Å². The molecule has 0 radical (unpaired) electrons. The first-order valence-corrected chi connectivity index (χ1v) is 9.43. The van der Waals surface area contributed by atoms with Crippen molar-refractivity contribution in [1.29, 1.82) is 0 Å². The zero-order valence-corrected chi connectivity index (χ0v) is 15.6. The summed E-state index contributed by atoms with van der Waals surface area (Å²) in [4.78, 5) is 11.9. The summed E-state index contributed by atoms with van der Waals surface area (Å²) < 4.78 is 93.1. The molecule has 0 aliphatic rings. The highest BCUT2D eigenvalue weighted by Gasteiger charge is 2.61. The molecular weight excluding hydrogens is 420 g/mol. The van der Waals surface area contributed by atoms with Crippen molar-refractivity contribution in [2.45, 2.75) is 17.6 Å². The molecule has 0 aliphatic heterocycles. The quantitative estimate of drug-likeness (QED) is 0.150. The summed E-state index contributed by atoms with van der Waals surface area (Å²) in [5.41, 5.74) is -0.287. The molecule has 0 amide bonds. The first kappa shape index (κ1) is 22.8. The number of rotatable bonds is 9. The van der Waals surface area contributed by atoms with Crippen molar-refractivity contribution in [2.24, 2.45) is 0 Å². The van der Waals surface area contributed by atoms with E-state index in [-0.39, 0.29) is 11.3 Å². The lowest BCUT2D eigenvalue weighted by Gasteiger charge is -2.28. The number of carbonyl (C=O) groups excluding carboxylic acids is 1. The van der Waals surface area contributed by atoms with Crippen LogP contribution >= 0.6 is 0 Å². The topological polar surface area (TPSA) is 92.7 Å².